The molecule has 2 aromatic heterocycles. The predicted octanol–water partition coefficient (Wildman–Crippen LogP) is 1.44. The Labute approximate surface area is 98.3 Å². The second-order valence-corrected chi connectivity index (χ2v) is 3.80. The van der Waals surface area contributed by atoms with Crippen molar-refractivity contribution in [1.82, 2.24) is 14.6 Å². The lowest BCUT2D eigenvalue weighted by Gasteiger charge is -1.99. The molecule has 0 saturated heterocycles. The van der Waals surface area contributed by atoms with Crippen molar-refractivity contribution >= 4 is 11.6 Å². The first-order valence-electron chi connectivity index (χ1n) is 5.66. The quantitative estimate of drug-likeness (QED) is 0.747. The number of pyridine rings is 1. The summed E-state index contributed by atoms with van der Waals surface area (Å²) in [5, 5.41) is 15.8. The Bertz CT molecular complexity index is 485. The van der Waals surface area contributed by atoms with Gasteiger partial charge in [0.2, 0.25) is 5.95 Å². The molecule has 2 aromatic rings. The lowest BCUT2D eigenvalue weighted by molar-refractivity contribution is 0.283. The SMILES string of the molecule is OCCCCCNc1nc2ccc(F)cn2n1. The smallest absolute Gasteiger partial charge is 0.243 e. The van der Waals surface area contributed by atoms with E-state index in [1.165, 1.54) is 16.8 Å². The Morgan fingerprint density at radius 3 is 3.00 bits per heavy atom. The fraction of sp³-hybridized carbons (Fsp3) is 0.455. The van der Waals surface area contributed by atoms with Crippen molar-refractivity contribution in [3.05, 3.63) is 24.1 Å². The van der Waals surface area contributed by atoms with Gasteiger partial charge in [0.15, 0.2) is 5.65 Å². The summed E-state index contributed by atoms with van der Waals surface area (Å²) in [6.45, 7) is 0.977. The van der Waals surface area contributed by atoms with E-state index in [1.807, 2.05) is 0 Å². The van der Waals surface area contributed by atoms with E-state index in [0.29, 0.717) is 11.6 Å². The molecular formula is C11H15FN4O. The van der Waals surface area contributed by atoms with E-state index in [0.717, 1.165) is 25.8 Å². The van der Waals surface area contributed by atoms with Gasteiger partial charge in [-0.15, -0.1) is 5.10 Å². The van der Waals surface area contributed by atoms with Crippen molar-refractivity contribution in [1.29, 1.82) is 0 Å². The summed E-state index contributed by atoms with van der Waals surface area (Å²) in [4.78, 5) is 4.20. The van der Waals surface area contributed by atoms with Crippen LogP contribution in [0.4, 0.5) is 10.3 Å². The topological polar surface area (TPSA) is 62.5 Å². The highest BCUT2D eigenvalue weighted by atomic mass is 19.1. The van der Waals surface area contributed by atoms with E-state index in [9.17, 15) is 4.39 Å². The molecule has 0 atom stereocenters. The number of halogens is 1. The van der Waals surface area contributed by atoms with Crippen LogP contribution in [0.15, 0.2) is 18.3 Å². The molecule has 0 spiro atoms. The standard InChI is InChI=1S/C11H15FN4O/c12-9-4-5-10-14-11(15-16(10)8-9)13-6-2-1-3-7-17/h4-5,8,17H,1-3,6-7H2,(H,13,15). The summed E-state index contributed by atoms with van der Waals surface area (Å²) in [5.41, 5.74) is 0.615. The van der Waals surface area contributed by atoms with E-state index in [1.54, 1.807) is 6.07 Å². The number of unbranched alkanes of at least 4 members (excludes halogenated alkanes) is 2. The first-order valence-corrected chi connectivity index (χ1v) is 5.66. The fourth-order valence-corrected chi connectivity index (χ4v) is 1.55. The van der Waals surface area contributed by atoms with Gasteiger partial charge in [-0.05, 0) is 31.4 Å². The predicted molar refractivity (Wildman–Crippen MR) is 62.4 cm³/mol. The number of nitrogens with one attached hydrogen (secondary N) is 1. The summed E-state index contributed by atoms with van der Waals surface area (Å²) >= 11 is 0. The molecule has 0 bridgehead atoms. The highest BCUT2D eigenvalue weighted by molar-refractivity contribution is 5.42. The van der Waals surface area contributed by atoms with Crippen LogP contribution >= 0.6 is 0 Å². The average Bonchev–Trinajstić information content (AvgIpc) is 2.70. The first kappa shape index (κ1) is 11.8. The largest absolute Gasteiger partial charge is 0.396 e. The molecule has 17 heavy (non-hydrogen) atoms. The minimum atomic E-state index is -0.336. The van der Waals surface area contributed by atoms with Crippen LogP contribution in [0.2, 0.25) is 0 Å². The Morgan fingerprint density at radius 2 is 2.18 bits per heavy atom. The maximum atomic E-state index is 12.9. The number of fused-ring (bicyclic) bond motifs is 1. The summed E-state index contributed by atoms with van der Waals surface area (Å²) in [5.74, 6) is 0.163. The number of hydrogen-bond donors (Lipinski definition) is 2. The number of rotatable bonds is 6. The molecule has 92 valence electrons. The number of hydrogen-bond acceptors (Lipinski definition) is 4. The molecule has 0 saturated carbocycles. The van der Waals surface area contributed by atoms with E-state index in [4.69, 9.17) is 5.11 Å². The second kappa shape index (κ2) is 5.58. The molecule has 2 heterocycles. The van der Waals surface area contributed by atoms with Crippen molar-refractivity contribution in [3.8, 4) is 0 Å². The zero-order valence-corrected chi connectivity index (χ0v) is 9.43. The minimum Gasteiger partial charge on any atom is -0.396 e. The van der Waals surface area contributed by atoms with Crippen LogP contribution in [-0.4, -0.2) is 32.9 Å². The van der Waals surface area contributed by atoms with Crippen LogP contribution in [0.3, 0.4) is 0 Å². The summed E-state index contributed by atoms with van der Waals surface area (Å²) < 4.78 is 14.3. The van der Waals surface area contributed by atoms with Gasteiger partial charge >= 0.3 is 0 Å². The van der Waals surface area contributed by atoms with Crippen molar-refractivity contribution < 1.29 is 9.50 Å². The zero-order valence-electron chi connectivity index (χ0n) is 9.43. The van der Waals surface area contributed by atoms with Crippen molar-refractivity contribution in [2.45, 2.75) is 19.3 Å². The molecule has 0 amide bonds. The van der Waals surface area contributed by atoms with Crippen LogP contribution in [0.1, 0.15) is 19.3 Å². The molecule has 0 aliphatic rings. The van der Waals surface area contributed by atoms with Gasteiger partial charge in [0.05, 0.1) is 6.20 Å². The molecule has 2 N–H and O–H groups in total. The summed E-state index contributed by atoms with van der Waals surface area (Å²) in [7, 11) is 0. The van der Waals surface area contributed by atoms with E-state index in [-0.39, 0.29) is 12.4 Å². The van der Waals surface area contributed by atoms with Gasteiger partial charge in [0.1, 0.15) is 5.82 Å². The summed E-state index contributed by atoms with van der Waals surface area (Å²) in [6, 6.07) is 2.94. The third kappa shape index (κ3) is 3.13. The number of aliphatic hydroxyl groups is 1. The molecule has 0 radical (unpaired) electrons. The fourth-order valence-electron chi connectivity index (χ4n) is 1.55. The number of nitrogens with zero attached hydrogens (tertiary/aromatic N) is 3. The third-order valence-corrected chi connectivity index (χ3v) is 2.41. The van der Waals surface area contributed by atoms with Crippen molar-refractivity contribution in [3.63, 3.8) is 0 Å². The molecule has 0 fully saturated rings. The van der Waals surface area contributed by atoms with Gasteiger partial charge in [0, 0.05) is 13.2 Å². The van der Waals surface area contributed by atoms with Crippen LogP contribution in [0.25, 0.3) is 5.65 Å². The molecule has 0 aliphatic carbocycles. The molecule has 0 aliphatic heterocycles. The Hall–Kier alpha value is -1.69. The minimum absolute atomic E-state index is 0.228. The average molecular weight is 238 g/mol. The molecular weight excluding hydrogens is 223 g/mol. The van der Waals surface area contributed by atoms with Crippen molar-refractivity contribution in [2.24, 2.45) is 0 Å². The second-order valence-electron chi connectivity index (χ2n) is 3.80. The first-order chi connectivity index (χ1) is 8.29. The Morgan fingerprint density at radius 1 is 1.29 bits per heavy atom. The van der Waals surface area contributed by atoms with Crippen LogP contribution in [0.5, 0.6) is 0 Å². The number of aliphatic hydroxyl groups excluding tert-OH is 1. The molecule has 0 aromatic carbocycles. The molecule has 5 nitrogen and oxygen atoms in total. The highest BCUT2D eigenvalue weighted by Crippen LogP contribution is 2.07. The molecule has 0 unspecified atom stereocenters. The van der Waals surface area contributed by atoms with Gasteiger partial charge < -0.3 is 10.4 Å². The normalized spacial score (nSPS) is 10.9. The zero-order chi connectivity index (χ0) is 12.1. The monoisotopic (exact) mass is 238 g/mol. The lowest BCUT2D eigenvalue weighted by Crippen LogP contribution is -2.03. The lowest BCUT2D eigenvalue weighted by atomic mass is 10.2. The Kier molecular flexibility index (Phi) is 3.87. The van der Waals surface area contributed by atoms with Gasteiger partial charge in [-0.2, -0.15) is 4.98 Å². The van der Waals surface area contributed by atoms with Gasteiger partial charge in [0.25, 0.3) is 0 Å². The van der Waals surface area contributed by atoms with E-state index in [2.05, 4.69) is 15.4 Å². The maximum Gasteiger partial charge on any atom is 0.243 e. The molecule has 6 heteroatoms. The summed E-state index contributed by atoms with van der Waals surface area (Å²) in [6.07, 6.45) is 4.01. The van der Waals surface area contributed by atoms with Crippen molar-refractivity contribution in [2.75, 3.05) is 18.5 Å². The number of anilines is 1. The van der Waals surface area contributed by atoms with E-state index < -0.39 is 0 Å². The van der Waals surface area contributed by atoms with Crippen LogP contribution in [-0.2, 0) is 0 Å². The highest BCUT2D eigenvalue weighted by Gasteiger charge is 2.02. The Balaban J connectivity index is 1.91. The van der Waals surface area contributed by atoms with Crippen LogP contribution < -0.4 is 5.32 Å². The van der Waals surface area contributed by atoms with Gasteiger partial charge in [-0.3, -0.25) is 0 Å². The third-order valence-electron chi connectivity index (χ3n) is 2.41. The van der Waals surface area contributed by atoms with Gasteiger partial charge in [-0.25, -0.2) is 8.91 Å². The number of aromatic nitrogens is 3. The molecule has 2 rings (SSSR count). The maximum absolute atomic E-state index is 12.9. The van der Waals surface area contributed by atoms with E-state index >= 15 is 0 Å². The van der Waals surface area contributed by atoms with Gasteiger partial charge in [-0.1, -0.05) is 0 Å². The van der Waals surface area contributed by atoms with Crippen LogP contribution in [0, 0.1) is 5.82 Å².